The lowest BCUT2D eigenvalue weighted by atomic mass is 9.85. The van der Waals surface area contributed by atoms with Gasteiger partial charge in [-0.2, -0.15) is 0 Å². The Kier molecular flexibility index (Phi) is 6.56. The van der Waals surface area contributed by atoms with E-state index in [1.807, 2.05) is 60.7 Å². The van der Waals surface area contributed by atoms with Gasteiger partial charge < -0.3 is 9.52 Å². The van der Waals surface area contributed by atoms with Crippen molar-refractivity contribution in [1.29, 1.82) is 0 Å². The molecular formula is C32H30BrNO4. The molecular weight excluding hydrogens is 542 g/mol. The van der Waals surface area contributed by atoms with Gasteiger partial charge in [-0.25, -0.2) is 0 Å². The van der Waals surface area contributed by atoms with Gasteiger partial charge in [0.1, 0.15) is 5.58 Å². The summed E-state index contributed by atoms with van der Waals surface area (Å²) in [4.78, 5) is 28.9. The third-order valence-corrected chi connectivity index (χ3v) is 7.58. The number of anilines is 1. The van der Waals surface area contributed by atoms with Crippen LogP contribution in [0.3, 0.4) is 0 Å². The summed E-state index contributed by atoms with van der Waals surface area (Å²) < 4.78 is 6.72. The topological polar surface area (TPSA) is 70.8 Å². The van der Waals surface area contributed by atoms with Crippen LogP contribution in [0.15, 0.2) is 93.0 Å². The summed E-state index contributed by atoms with van der Waals surface area (Å²) in [6.07, 6.45) is 0. The zero-order valence-corrected chi connectivity index (χ0v) is 23.7. The third kappa shape index (κ3) is 4.58. The van der Waals surface area contributed by atoms with Crippen LogP contribution >= 0.6 is 15.9 Å². The van der Waals surface area contributed by atoms with E-state index >= 15 is 0 Å². The predicted molar refractivity (Wildman–Crippen MR) is 154 cm³/mol. The number of hydrogen-bond acceptors (Lipinski definition) is 4. The molecule has 1 N–H and O–H groups in total. The van der Waals surface area contributed by atoms with Crippen LogP contribution in [0.25, 0.3) is 11.0 Å². The molecule has 1 aromatic heterocycles. The van der Waals surface area contributed by atoms with Gasteiger partial charge in [0, 0.05) is 15.5 Å². The molecule has 1 aliphatic heterocycles. The lowest BCUT2D eigenvalue weighted by Gasteiger charge is -2.28. The van der Waals surface area contributed by atoms with Crippen LogP contribution in [-0.2, 0) is 10.2 Å². The minimum Gasteiger partial charge on any atom is -0.503 e. The smallest absolute Gasteiger partial charge is 0.294 e. The first kappa shape index (κ1) is 26.0. The number of benzene rings is 3. The first-order valence-electron chi connectivity index (χ1n) is 12.7. The Labute approximate surface area is 230 Å². The summed E-state index contributed by atoms with van der Waals surface area (Å²) in [6.45, 7) is 10.6. The maximum atomic E-state index is 13.9. The van der Waals surface area contributed by atoms with Crippen molar-refractivity contribution in [2.75, 3.05) is 4.90 Å². The molecule has 38 heavy (non-hydrogen) atoms. The van der Waals surface area contributed by atoms with E-state index in [1.54, 1.807) is 12.1 Å². The number of ketones is 1. The molecule has 194 valence electrons. The molecule has 2 heterocycles. The Bertz CT molecular complexity index is 1570. The van der Waals surface area contributed by atoms with Crippen LogP contribution in [0, 0.1) is 0 Å². The monoisotopic (exact) mass is 571 g/mol. The van der Waals surface area contributed by atoms with Gasteiger partial charge in [0.2, 0.25) is 5.78 Å². The van der Waals surface area contributed by atoms with E-state index in [1.165, 1.54) is 4.90 Å². The Morgan fingerprint density at radius 1 is 0.974 bits per heavy atom. The maximum Gasteiger partial charge on any atom is 0.294 e. The fraction of sp³-hybridized carbons (Fsp3) is 0.250. The molecule has 0 saturated heterocycles. The van der Waals surface area contributed by atoms with Crippen LogP contribution < -0.4 is 4.90 Å². The molecule has 1 amide bonds. The molecule has 1 unspecified atom stereocenters. The largest absolute Gasteiger partial charge is 0.503 e. The minimum absolute atomic E-state index is 0.00423. The van der Waals surface area contributed by atoms with E-state index in [0.717, 1.165) is 26.5 Å². The second kappa shape index (κ2) is 9.59. The number of rotatable bonds is 5. The lowest BCUT2D eigenvalue weighted by Crippen LogP contribution is -2.31. The van der Waals surface area contributed by atoms with E-state index in [2.05, 4.69) is 50.5 Å². The first-order valence-corrected chi connectivity index (χ1v) is 13.5. The van der Waals surface area contributed by atoms with Crippen molar-refractivity contribution < 1.29 is 19.1 Å². The van der Waals surface area contributed by atoms with Crippen molar-refractivity contribution in [2.24, 2.45) is 0 Å². The number of carbonyl (C=O) groups is 2. The van der Waals surface area contributed by atoms with Gasteiger partial charge in [-0.15, -0.1) is 0 Å². The Morgan fingerprint density at radius 3 is 2.24 bits per heavy atom. The van der Waals surface area contributed by atoms with Crippen LogP contribution in [0.1, 0.15) is 73.8 Å². The van der Waals surface area contributed by atoms with Crippen LogP contribution in [0.5, 0.6) is 0 Å². The summed E-state index contributed by atoms with van der Waals surface area (Å²) >= 11 is 3.44. The van der Waals surface area contributed by atoms with Crippen molar-refractivity contribution in [3.8, 4) is 0 Å². The van der Waals surface area contributed by atoms with Crippen molar-refractivity contribution in [1.82, 2.24) is 0 Å². The predicted octanol–water partition coefficient (Wildman–Crippen LogP) is 8.40. The highest BCUT2D eigenvalue weighted by atomic mass is 79.9. The normalized spacial score (nSPS) is 16.2. The number of Topliss-reactive ketones (excluding diaryl/α,β-unsaturated/α-hetero) is 1. The number of amides is 1. The summed E-state index contributed by atoms with van der Waals surface area (Å²) in [5, 5.41) is 11.9. The molecule has 1 atom stereocenters. The molecule has 0 aliphatic carbocycles. The standard InChI is InChI=1S/C32H30BrNO4/c1-18(2)19-8-13-24(14-9-19)34-28(20-6-10-22(11-7-20)32(3,4)5)27(30(36)31(34)37)29(35)26-17-21-16-23(33)12-15-25(21)38-26/h6-18,28,36H,1-5H3. The van der Waals surface area contributed by atoms with Gasteiger partial charge in [0.25, 0.3) is 5.91 Å². The number of hydrogen-bond donors (Lipinski definition) is 1. The number of carbonyl (C=O) groups excluding carboxylic acids is 2. The van der Waals surface area contributed by atoms with E-state index in [4.69, 9.17) is 4.42 Å². The quantitative estimate of drug-likeness (QED) is 0.244. The molecule has 6 heteroatoms. The van der Waals surface area contributed by atoms with Crippen molar-refractivity contribution in [2.45, 2.75) is 52.0 Å². The first-order chi connectivity index (χ1) is 18.0. The Hall–Kier alpha value is -3.64. The van der Waals surface area contributed by atoms with Gasteiger partial charge >= 0.3 is 0 Å². The lowest BCUT2D eigenvalue weighted by molar-refractivity contribution is -0.117. The van der Waals surface area contributed by atoms with Crippen LogP contribution in [-0.4, -0.2) is 16.8 Å². The number of aliphatic hydroxyl groups excluding tert-OH is 1. The molecule has 4 aromatic rings. The minimum atomic E-state index is -0.811. The molecule has 5 rings (SSSR count). The number of fused-ring (bicyclic) bond motifs is 1. The van der Waals surface area contributed by atoms with Crippen LogP contribution in [0.2, 0.25) is 0 Å². The van der Waals surface area contributed by atoms with E-state index < -0.39 is 23.5 Å². The van der Waals surface area contributed by atoms with Gasteiger partial charge in [0.15, 0.2) is 11.5 Å². The van der Waals surface area contributed by atoms with E-state index in [0.29, 0.717) is 17.2 Å². The maximum absolute atomic E-state index is 13.9. The van der Waals surface area contributed by atoms with Gasteiger partial charge in [-0.3, -0.25) is 14.5 Å². The highest BCUT2D eigenvalue weighted by molar-refractivity contribution is 9.10. The number of furan rings is 1. The molecule has 0 radical (unpaired) electrons. The molecule has 0 saturated carbocycles. The van der Waals surface area contributed by atoms with E-state index in [-0.39, 0.29) is 16.7 Å². The molecule has 3 aromatic carbocycles. The number of aliphatic hydroxyl groups is 1. The van der Waals surface area contributed by atoms with Gasteiger partial charge in [-0.05, 0) is 64.4 Å². The van der Waals surface area contributed by atoms with Crippen molar-refractivity contribution >= 4 is 44.3 Å². The van der Waals surface area contributed by atoms with Gasteiger partial charge in [0.05, 0.1) is 11.6 Å². The van der Waals surface area contributed by atoms with Crippen LogP contribution in [0.4, 0.5) is 5.69 Å². The van der Waals surface area contributed by atoms with Gasteiger partial charge in [-0.1, -0.05) is 86.9 Å². The number of halogens is 1. The Balaban J connectivity index is 1.63. The van der Waals surface area contributed by atoms with E-state index in [9.17, 15) is 14.7 Å². The average molecular weight is 572 g/mol. The fourth-order valence-electron chi connectivity index (χ4n) is 4.86. The summed E-state index contributed by atoms with van der Waals surface area (Å²) in [5.41, 5.74) is 4.08. The summed E-state index contributed by atoms with van der Waals surface area (Å²) in [6, 6.07) is 21.8. The second-order valence-corrected chi connectivity index (χ2v) is 12.0. The number of nitrogens with zero attached hydrogens (tertiary/aromatic N) is 1. The second-order valence-electron chi connectivity index (χ2n) is 11.1. The third-order valence-electron chi connectivity index (χ3n) is 7.09. The molecule has 0 spiro atoms. The zero-order chi connectivity index (χ0) is 27.4. The summed E-state index contributed by atoms with van der Waals surface area (Å²) in [7, 11) is 0. The average Bonchev–Trinajstić information content (AvgIpc) is 3.41. The molecule has 5 nitrogen and oxygen atoms in total. The van der Waals surface area contributed by atoms with Crippen molar-refractivity contribution in [3.63, 3.8) is 0 Å². The molecule has 1 aliphatic rings. The SMILES string of the molecule is CC(C)c1ccc(N2C(=O)C(O)=C(C(=O)c3cc4cc(Br)ccc4o3)C2c2ccc(C(C)(C)C)cc2)cc1. The molecule has 0 bridgehead atoms. The Morgan fingerprint density at radius 2 is 1.63 bits per heavy atom. The fourth-order valence-corrected chi connectivity index (χ4v) is 5.24. The van der Waals surface area contributed by atoms with Crippen molar-refractivity contribution in [3.05, 3.63) is 111 Å². The highest BCUT2D eigenvalue weighted by Crippen LogP contribution is 2.43. The molecule has 0 fully saturated rings. The summed E-state index contributed by atoms with van der Waals surface area (Å²) in [5.74, 6) is -1.30. The zero-order valence-electron chi connectivity index (χ0n) is 22.1. The highest BCUT2D eigenvalue weighted by Gasteiger charge is 2.45.